The Bertz CT molecular complexity index is 1700. The number of thioether (sulfide) groups is 1. The van der Waals surface area contributed by atoms with Crippen LogP contribution < -0.4 is 0 Å². The molecule has 1 aliphatic carbocycles. The third-order valence-electron chi connectivity index (χ3n) is 8.52. The van der Waals surface area contributed by atoms with Crippen molar-refractivity contribution in [3.8, 4) is 22.6 Å². The summed E-state index contributed by atoms with van der Waals surface area (Å²) in [7, 11) is 1.19. The Labute approximate surface area is 316 Å². The number of benzene rings is 1. The van der Waals surface area contributed by atoms with Crippen LogP contribution in [0.2, 0.25) is 0 Å². The highest BCUT2D eigenvalue weighted by Crippen LogP contribution is 2.42. The van der Waals surface area contributed by atoms with E-state index in [9.17, 15) is 9.59 Å². The van der Waals surface area contributed by atoms with E-state index in [1.807, 2.05) is 6.92 Å². The van der Waals surface area contributed by atoms with Crippen LogP contribution in [0.5, 0.6) is 0 Å². The molecule has 1 aromatic carbocycles. The predicted octanol–water partition coefficient (Wildman–Crippen LogP) is 12.0. The number of ketones is 1. The summed E-state index contributed by atoms with van der Waals surface area (Å²) in [4.78, 5) is 42.2. The molecular formula is C43H60N4O4S. The van der Waals surface area contributed by atoms with Gasteiger partial charge in [-0.15, -0.1) is 0 Å². The number of aromatic amines is 1. The molecule has 8 nitrogen and oxygen atoms in total. The normalized spacial score (nSPS) is 12.9. The number of allylic oxidation sites excluding steroid dienone is 4. The zero-order chi connectivity index (χ0) is 38.6. The number of hydrogen-bond acceptors (Lipinski definition) is 7. The maximum atomic E-state index is 12.6. The zero-order valence-electron chi connectivity index (χ0n) is 32.8. The molecule has 0 saturated heterocycles. The van der Waals surface area contributed by atoms with E-state index in [1.54, 1.807) is 24.9 Å². The lowest BCUT2D eigenvalue weighted by molar-refractivity contribution is -0.117. The van der Waals surface area contributed by atoms with E-state index in [0.717, 1.165) is 88.8 Å². The standard InChI is InChI=1S/C36H43N3O2S.C6H14O.CH3NO/c1-23(2)36(42-24(3)4)26(6)15-16-29-18-30(17-14-25(29)5)35-31(28-12-10-8-9-11-13-28)19-33(39(35)21-27(7)41)32-20-37-34(22-40)38-32;1-3-5-7-6-4-2;1-2-3/h14-20,22,28H,3,6,8-13,21H2,1-2,4-5,7H3,(H,37,38);3-6H2,1-2H3;1H3/b16-15-;;. The highest BCUT2D eigenvalue weighted by Gasteiger charge is 2.26. The average molecular weight is 729 g/mol. The summed E-state index contributed by atoms with van der Waals surface area (Å²) in [5.74, 6) is 0.757. The van der Waals surface area contributed by atoms with Crippen molar-refractivity contribution >= 4 is 29.9 Å². The number of H-pyrrole nitrogens is 1. The second-order valence-electron chi connectivity index (χ2n) is 13.5. The summed E-state index contributed by atoms with van der Waals surface area (Å²) in [5, 5.41) is 2.25. The summed E-state index contributed by atoms with van der Waals surface area (Å²) < 4.78 is 7.25. The van der Waals surface area contributed by atoms with E-state index < -0.39 is 0 Å². The number of nitrogens with one attached hydrogen (secondary N) is 1. The van der Waals surface area contributed by atoms with Crippen LogP contribution in [-0.4, -0.2) is 46.9 Å². The van der Waals surface area contributed by atoms with E-state index in [2.05, 4.69) is 104 Å². The largest absolute Gasteiger partial charge is 0.381 e. The van der Waals surface area contributed by atoms with Crippen molar-refractivity contribution in [3.63, 3.8) is 0 Å². The Morgan fingerprint density at radius 3 is 2.21 bits per heavy atom. The number of hydrogen-bond donors (Lipinski definition) is 1. The first-order chi connectivity index (χ1) is 24.9. The molecule has 1 saturated carbocycles. The van der Waals surface area contributed by atoms with Gasteiger partial charge in [0.2, 0.25) is 0 Å². The van der Waals surface area contributed by atoms with Crippen molar-refractivity contribution in [3.05, 3.63) is 98.1 Å². The predicted molar refractivity (Wildman–Crippen MR) is 221 cm³/mol. The molecule has 1 aliphatic rings. The van der Waals surface area contributed by atoms with Crippen LogP contribution in [0.3, 0.4) is 0 Å². The molecule has 3 aromatic rings. The fourth-order valence-corrected chi connectivity index (χ4v) is 6.97. The monoisotopic (exact) mass is 728 g/mol. The van der Waals surface area contributed by atoms with Gasteiger partial charge in [-0.3, -0.25) is 9.59 Å². The van der Waals surface area contributed by atoms with Gasteiger partial charge in [0, 0.05) is 18.1 Å². The minimum absolute atomic E-state index is 0.0726. The molecule has 0 unspecified atom stereocenters. The number of nitrogens with zero attached hydrogens (tertiary/aromatic N) is 3. The van der Waals surface area contributed by atoms with Gasteiger partial charge in [0.15, 0.2) is 12.1 Å². The van der Waals surface area contributed by atoms with Crippen molar-refractivity contribution in [2.45, 2.75) is 112 Å². The highest BCUT2D eigenvalue weighted by atomic mass is 32.2. The maximum absolute atomic E-state index is 12.6. The molecule has 0 amide bonds. The molecule has 282 valence electrons. The molecule has 0 spiro atoms. The molecule has 52 heavy (non-hydrogen) atoms. The lowest BCUT2D eigenvalue weighted by Gasteiger charge is -2.19. The van der Waals surface area contributed by atoms with Crippen LogP contribution in [0, 0.1) is 11.8 Å². The van der Waals surface area contributed by atoms with Gasteiger partial charge in [-0.1, -0.05) is 99.5 Å². The molecule has 9 heteroatoms. The van der Waals surface area contributed by atoms with Gasteiger partial charge in [-0.2, -0.15) is 4.91 Å². The van der Waals surface area contributed by atoms with Crippen molar-refractivity contribution in [2.75, 3.05) is 20.3 Å². The number of aldehydes is 1. The molecule has 2 heterocycles. The number of ether oxygens (including phenoxy) is 1. The Kier molecular flexibility index (Phi) is 19.9. The molecule has 0 radical (unpaired) electrons. The number of nitroso groups, excluding NO2 is 1. The Hall–Kier alpha value is -4.08. The van der Waals surface area contributed by atoms with Crippen molar-refractivity contribution < 1.29 is 14.3 Å². The summed E-state index contributed by atoms with van der Waals surface area (Å²) in [6.45, 7) is 24.7. The third-order valence-corrected chi connectivity index (χ3v) is 9.74. The molecule has 4 rings (SSSR count). The van der Waals surface area contributed by atoms with Crippen molar-refractivity contribution in [1.82, 2.24) is 14.5 Å². The number of carbonyl (C=O) groups excluding carboxylic acids is 2. The first-order valence-electron chi connectivity index (χ1n) is 18.4. The third kappa shape index (κ3) is 13.8. The van der Waals surface area contributed by atoms with Gasteiger partial charge in [-0.05, 0) is 111 Å². The number of aromatic nitrogens is 3. The average Bonchev–Trinajstić information content (AvgIpc) is 3.62. The lowest BCUT2D eigenvalue weighted by Crippen LogP contribution is -2.10. The SMILES string of the molecule is C=C(C)SC(C(=C)/C=C\c1cc(-c2c(C3CCCCCC3)cc(-c3cnc(C=O)[nH]3)n2CC(C)=O)ccc1C)=C(C)C.CCCOCCC.CN=O. The fraction of sp³-hybridized carbons (Fsp3) is 0.465. The van der Waals surface area contributed by atoms with Gasteiger partial charge in [-0.25, -0.2) is 4.98 Å². The van der Waals surface area contributed by atoms with Crippen LogP contribution in [0.25, 0.3) is 28.7 Å². The Morgan fingerprint density at radius 1 is 1.06 bits per heavy atom. The Balaban J connectivity index is 0.000000826. The first kappa shape index (κ1) is 44.1. The Morgan fingerprint density at radius 2 is 1.69 bits per heavy atom. The minimum Gasteiger partial charge on any atom is -0.381 e. The lowest BCUT2D eigenvalue weighted by atomic mass is 9.89. The fourth-order valence-electron chi connectivity index (χ4n) is 6.22. The molecule has 0 aliphatic heterocycles. The number of Topliss-reactive ketones (excluding diaryl/α,β-unsaturated/α-hetero) is 1. The van der Waals surface area contributed by atoms with Gasteiger partial charge >= 0.3 is 0 Å². The van der Waals surface area contributed by atoms with Crippen LogP contribution in [0.4, 0.5) is 0 Å². The van der Waals surface area contributed by atoms with E-state index in [-0.39, 0.29) is 18.2 Å². The molecule has 1 N–H and O–H groups in total. The maximum Gasteiger partial charge on any atom is 0.185 e. The molecule has 0 atom stereocenters. The van der Waals surface area contributed by atoms with E-state index in [0.29, 0.717) is 5.92 Å². The quantitative estimate of drug-likeness (QED) is 0.0549. The number of imidazole rings is 1. The van der Waals surface area contributed by atoms with Crippen LogP contribution in [0.15, 0.2) is 75.8 Å². The van der Waals surface area contributed by atoms with Gasteiger partial charge in [0.25, 0.3) is 0 Å². The summed E-state index contributed by atoms with van der Waals surface area (Å²) in [6, 6.07) is 8.78. The molecule has 2 aromatic heterocycles. The summed E-state index contributed by atoms with van der Waals surface area (Å²) in [5.41, 5.74) is 9.49. The second kappa shape index (κ2) is 23.5. The van der Waals surface area contributed by atoms with Gasteiger partial charge in [0.1, 0.15) is 5.78 Å². The molecular weight excluding hydrogens is 669 g/mol. The number of aryl methyl sites for hydroxylation is 1. The highest BCUT2D eigenvalue weighted by molar-refractivity contribution is 8.06. The van der Waals surface area contributed by atoms with Crippen LogP contribution in [0.1, 0.15) is 126 Å². The minimum atomic E-state index is 0.0726. The second-order valence-corrected chi connectivity index (χ2v) is 14.8. The molecule has 0 bridgehead atoms. The van der Waals surface area contributed by atoms with E-state index in [4.69, 9.17) is 9.64 Å². The first-order valence-corrected chi connectivity index (χ1v) is 19.3. The number of carbonyl (C=O) groups is 2. The zero-order valence-corrected chi connectivity index (χ0v) is 33.6. The van der Waals surface area contributed by atoms with Crippen molar-refractivity contribution in [2.24, 2.45) is 5.18 Å². The van der Waals surface area contributed by atoms with Crippen LogP contribution >= 0.6 is 11.8 Å². The van der Waals surface area contributed by atoms with E-state index >= 15 is 0 Å². The topological polar surface area (TPSA) is 106 Å². The van der Waals surface area contributed by atoms with Crippen LogP contribution in [-0.2, 0) is 16.1 Å². The van der Waals surface area contributed by atoms with Gasteiger partial charge < -0.3 is 14.3 Å². The molecule has 1 fully saturated rings. The summed E-state index contributed by atoms with van der Waals surface area (Å²) in [6.07, 6.45) is 16.1. The smallest absolute Gasteiger partial charge is 0.185 e. The van der Waals surface area contributed by atoms with E-state index in [1.165, 1.54) is 49.4 Å². The van der Waals surface area contributed by atoms with Gasteiger partial charge in [0.05, 0.1) is 36.9 Å². The van der Waals surface area contributed by atoms with Crippen molar-refractivity contribution in [1.29, 1.82) is 0 Å². The number of rotatable bonds is 15. The summed E-state index contributed by atoms with van der Waals surface area (Å²) >= 11 is 1.66.